The van der Waals surface area contributed by atoms with Gasteiger partial charge in [0.1, 0.15) is 17.5 Å². The summed E-state index contributed by atoms with van der Waals surface area (Å²) in [5.41, 5.74) is -0.681. The number of carboxylic acid groups (broad SMARTS) is 1. The Kier molecular flexibility index (Phi) is 5.96. The molecule has 34 heavy (non-hydrogen) atoms. The summed E-state index contributed by atoms with van der Waals surface area (Å²) >= 11 is 0. The fourth-order valence-electron chi connectivity index (χ4n) is 4.06. The number of halogens is 3. The highest BCUT2D eigenvalue weighted by Crippen LogP contribution is 2.35. The molecule has 1 aromatic heterocycles. The average molecular weight is 471 g/mol. The van der Waals surface area contributed by atoms with Gasteiger partial charge in [-0.1, -0.05) is 12.1 Å². The average Bonchev–Trinajstić information content (AvgIpc) is 2.79. The lowest BCUT2D eigenvalue weighted by Gasteiger charge is -2.32. The van der Waals surface area contributed by atoms with Crippen LogP contribution in [0.15, 0.2) is 45.6 Å². The summed E-state index contributed by atoms with van der Waals surface area (Å²) in [5.74, 6) is -4.88. The van der Waals surface area contributed by atoms with Gasteiger partial charge in [-0.15, -0.1) is 0 Å². The van der Waals surface area contributed by atoms with E-state index in [1.54, 1.807) is 31.2 Å². The zero-order valence-corrected chi connectivity index (χ0v) is 18.1. The fourth-order valence-corrected chi connectivity index (χ4v) is 4.06. The molecule has 2 N–H and O–H groups in total. The molecule has 0 saturated carbocycles. The van der Waals surface area contributed by atoms with Crippen molar-refractivity contribution in [1.29, 1.82) is 5.26 Å². The maximum absolute atomic E-state index is 14.5. The van der Waals surface area contributed by atoms with Crippen molar-refractivity contribution in [3.8, 4) is 6.07 Å². The van der Waals surface area contributed by atoms with E-state index >= 15 is 0 Å². The first-order valence-corrected chi connectivity index (χ1v) is 10.5. The van der Waals surface area contributed by atoms with E-state index in [0.717, 1.165) is 12.1 Å². The molecule has 2 aromatic carbocycles. The van der Waals surface area contributed by atoms with Gasteiger partial charge < -0.3 is 19.7 Å². The van der Waals surface area contributed by atoms with Gasteiger partial charge in [0.05, 0.1) is 17.0 Å². The molecule has 176 valence electrons. The van der Waals surface area contributed by atoms with Crippen molar-refractivity contribution >= 4 is 28.5 Å². The van der Waals surface area contributed by atoms with Gasteiger partial charge in [0.15, 0.2) is 5.56 Å². The highest BCUT2D eigenvalue weighted by Gasteiger charge is 2.36. The maximum Gasteiger partial charge on any atom is 0.337 e. The number of para-hydroxylation sites is 1. The number of rotatable bonds is 5. The minimum absolute atomic E-state index is 0.00166. The minimum atomic E-state index is -2.84. The summed E-state index contributed by atoms with van der Waals surface area (Å²) in [5, 5.41) is 21.8. The van der Waals surface area contributed by atoms with Gasteiger partial charge in [-0.2, -0.15) is 5.26 Å². The number of alkyl halides is 2. The summed E-state index contributed by atoms with van der Waals surface area (Å²) in [7, 11) is 0. The number of benzene rings is 2. The highest BCUT2D eigenvalue weighted by atomic mass is 19.3. The molecule has 4 rings (SSSR count). The quantitative estimate of drug-likeness (QED) is 0.545. The van der Waals surface area contributed by atoms with E-state index in [0.29, 0.717) is 0 Å². The van der Waals surface area contributed by atoms with Crippen LogP contribution in [0.5, 0.6) is 0 Å². The van der Waals surface area contributed by atoms with Gasteiger partial charge in [0.25, 0.3) is 5.92 Å². The van der Waals surface area contributed by atoms with Crippen LogP contribution < -0.4 is 15.6 Å². The molecular formula is C24H20F3N3O4. The molecule has 1 fully saturated rings. The smallest absolute Gasteiger partial charge is 0.337 e. The van der Waals surface area contributed by atoms with Crippen LogP contribution in [0.3, 0.4) is 0 Å². The molecule has 2 heterocycles. The number of hydrogen-bond acceptors (Lipinski definition) is 6. The highest BCUT2D eigenvalue weighted by molar-refractivity contribution is 5.94. The van der Waals surface area contributed by atoms with E-state index in [2.05, 4.69) is 5.32 Å². The standard InChI is InChI=1S/C24H20F3N3O4/c1-13(29-19-5-3-2-4-15(19)23(32)33)16-10-14(25)11-17-20(31)18(12-28)22(34-21(16)17)30-8-6-24(26,27)7-9-30/h2-5,10-11,13,29H,6-9H2,1H3,(H,32,33)/t13-/m1/s1. The normalized spacial score (nSPS) is 16.1. The number of hydrogen-bond donors (Lipinski definition) is 2. The summed E-state index contributed by atoms with van der Waals surface area (Å²) in [6.45, 7) is 1.39. The molecule has 0 bridgehead atoms. The molecule has 0 aliphatic carbocycles. The van der Waals surface area contributed by atoms with Crippen LogP contribution in [0, 0.1) is 17.1 Å². The van der Waals surface area contributed by atoms with Crippen molar-refractivity contribution < 1.29 is 27.5 Å². The van der Waals surface area contributed by atoms with Crippen molar-refractivity contribution in [3.63, 3.8) is 0 Å². The Balaban J connectivity index is 1.83. The largest absolute Gasteiger partial charge is 0.478 e. The third kappa shape index (κ3) is 4.29. The van der Waals surface area contributed by atoms with Gasteiger partial charge in [-0.25, -0.2) is 18.0 Å². The van der Waals surface area contributed by atoms with Crippen molar-refractivity contribution in [2.75, 3.05) is 23.3 Å². The summed E-state index contributed by atoms with van der Waals surface area (Å²) in [4.78, 5) is 26.0. The first-order valence-electron chi connectivity index (χ1n) is 10.5. The van der Waals surface area contributed by atoms with Gasteiger partial charge in [-0.05, 0) is 31.2 Å². The Bertz CT molecular complexity index is 1370. The van der Waals surface area contributed by atoms with Crippen molar-refractivity contribution in [2.45, 2.75) is 31.7 Å². The van der Waals surface area contributed by atoms with Crippen LogP contribution in [0.1, 0.15) is 47.3 Å². The second kappa shape index (κ2) is 8.74. The number of nitrogens with zero attached hydrogens (tertiary/aromatic N) is 2. The molecule has 1 aliphatic heterocycles. The second-order valence-corrected chi connectivity index (χ2v) is 8.15. The second-order valence-electron chi connectivity index (χ2n) is 8.15. The lowest BCUT2D eigenvalue weighted by Crippen LogP contribution is -2.40. The lowest BCUT2D eigenvalue weighted by molar-refractivity contribution is -0.0225. The summed E-state index contributed by atoms with van der Waals surface area (Å²) < 4.78 is 47.7. The van der Waals surface area contributed by atoms with E-state index in [-0.39, 0.29) is 52.3 Å². The monoisotopic (exact) mass is 471 g/mol. The number of nitriles is 1. The van der Waals surface area contributed by atoms with Crippen LogP contribution in [-0.4, -0.2) is 30.1 Å². The summed E-state index contributed by atoms with van der Waals surface area (Å²) in [6, 6.07) is 9.30. The molecular weight excluding hydrogens is 451 g/mol. The van der Waals surface area contributed by atoms with Gasteiger partial charge in [0.2, 0.25) is 11.3 Å². The SMILES string of the molecule is C[C@@H](Nc1ccccc1C(=O)O)c1cc(F)cc2c(=O)c(C#N)c(N3CCC(F)(F)CC3)oc12. The molecule has 0 amide bonds. The maximum atomic E-state index is 14.5. The predicted octanol–water partition coefficient (Wildman–Crippen LogP) is 4.91. The molecule has 1 saturated heterocycles. The molecule has 0 unspecified atom stereocenters. The number of piperidine rings is 1. The van der Waals surface area contributed by atoms with Gasteiger partial charge >= 0.3 is 5.97 Å². The van der Waals surface area contributed by atoms with E-state index < -0.39 is 42.0 Å². The van der Waals surface area contributed by atoms with Gasteiger partial charge in [-0.3, -0.25) is 4.79 Å². The number of fused-ring (bicyclic) bond motifs is 1. The molecule has 1 aliphatic rings. The molecule has 0 spiro atoms. The first kappa shape index (κ1) is 23.2. The van der Waals surface area contributed by atoms with E-state index in [9.17, 15) is 33.1 Å². The van der Waals surface area contributed by atoms with Crippen molar-refractivity contribution in [2.24, 2.45) is 0 Å². The van der Waals surface area contributed by atoms with Crippen LogP contribution in [-0.2, 0) is 0 Å². The van der Waals surface area contributed by atoms with Crippen molar-refractivity contribution in [1.82, 2.24) is 0 Å². The molecule has 3 aromatic rings. The number of carboxylic acids is 1. The van der Waals surface area contributed by atoms with E-state index in [1.165, 1.54) is 11.0 Å². The number of nitrogens with one attached hydrogen (secondary N) is 1. The Hall–Kier alpha value is -4.00. The Labute approximate surface area is 192 Å². The fraction of sp³-hybridized carbons (Fsp3) is 0.292. The number of aromatic carboxylic acids is 1. The Morgan fingerprint density at radius 2 is 1.94 bits per heavy atom. The first-order chi connectivity index (χ1) is 16.1. The molecule has 1 atom stereocenters. The van der Waals surface area contributed by atoms with Crippen LogP contribution >= 0.6 is 0 Å². The van der Waals surface area contributed by atoms with Crippen LogP contribution in [0.2, 0.25) is 0 Å². The zero-order valence-electron chi connectivity index (χ0n) is 18.1. The number of carbonyl (C=O) groups is 1. The topological polar surface area (TPSA) is 107 Å². The van der Waals surface area contributed by atoms with E-state index in [1.807, 2.05) is 0 Å². The Morgan fingerprint density at radius 1 is 1.26 bits per heavy atom. The van der Waals surface area contributed by atoms with Crippen LogP contribution in [0.25, 0.3) is 11.0 Å². The minimum Gasteiger partial charge on any atom is -0.478 e. The molecule has 7 nitrogen and oxygen atoms in total. The third-order valence-corrected chi connectivity index (χ3v) is 5.86. The van der Waals surface area contributed by atoms with E-state index in [4.69, 9.17) is 4.42 Å². The Morgan fingerprint density at radius 3 is 2.59 bits per heavy atom. The number of anilines is 2. The molecule has 0 radical (unpaired) electrons. The third-order valence-electron chi connectivity index (χ3n) is 5.86. The predicted molar refractivity (Wildman–Crippen MR) is 119 cm³/mol. The molecule has 10 heteroatoms. The summed E-state index contributed by atoms with van der Waals surface area (Å²) in [6.07, 6.45) is -0.917. The lowest BCUT2D eigenvalue weighted by atomic mass is 10.0. The van der Waals surface area contributed by atoms with Crippen molar-refractivity contribution in [3.05, 3.63) is 69.1 Å². The van der Waals surface area contributed by atoms with Gasteiger partial charge in [0, 0.05) is 37.2 Å². The van der Waals surface area contributed by atoms with Crippen LogP contribution in [0.4, 0.5) is 24.7 Å². The zero-order chi connectivity index (χ0) is 24.6.